The van der Waals surface area contributed by atoms with Crippen LogP contribution in [-0.2, 0) is 37.3 Å². The number of rotatable bonds is 12. The fourth-order valence-corrected chi connectivity index (χ4v) is 6.82. The van der Waals surface area contributed by atoms with Gasteiger partial charge in [-0.3, -0.25) is 4.90 Å². The number of fused-ring (bicyclic) bond motifs is 1. The number of hydrogen-bond acceptors (Lipinski definition) is 7. The Hall–Kier alpha value is -4.15. The first kappa shape index (κ1) is 32.8. The van der Waals surface area contributed by atoms with Gasteiger partial charge in [-0.1, -0.05) is 37.6 Å². The quantitative estimate of drug-likeness (QED) is 0.168. The van der Waals surface area contributed by atoms with Gasteiger partial charge in [0.05, 0.1) is 24.4 Å². The predicted octanol–water partition coefficient (Wildman–Crippen LogP) is 6.27. The summed E-state index contributed by atoms with van der Waals surface area (Å²) in [4.78, 5) is 20.7. The monoisotopic (exact) mass is 639 g/mol. The number of carbonyl (C=O) groups excluding carboxylic acids is 1. The summed E-state index contributed by atoms with van der Waals surface area (Å²) in [6, 6.07) is 14.9. The molecule has 0 atom stereocenters. The van der Waals surface area contributed by atoms with Crippen molar-refractivity contribution >= 4 is 22.8 Å². The van der Waals surface area contributed by atoms with Crippen molar-refractivity contribution in [3.8, 4) is 16.9 Å². The molecular weight excluding hydrogens is 590 g/mol. The van der Waals surface area contributed by atoms with Crippen molar-refractivity contribution < 1.29 is 14.3 Å². The summed E-state index contributed by atoms with van der Waals surface area (Å²) < 4.78 is 13.3. The van der Waals surface area contributed by atoms with Crippen LogP contribution in [0.2, 0.25) is 0 Å². The number of anilines is 1. The number of methoxy groups -OCH3 is 1. The van der Waals surface area contributed by atoms with E-state index < -0.39 is 0 Å². The highest BCUT2D eigenvalue weighted by Crippen LogP contribution is 2.33. The van der Waals surface area contributed by atoms with Gasteiger partial charge in [-0.25, -0.2) is 14.5 Å². The first-order valence-electron chi connectivity index (χ1n) is 17.3. The summed E-state index contributed by atoms with van der Waals surface area (Å²) in [5, 5.41) is 15.5. The van der Waals surface area contributed by atoms with Crippen LogP contribution in [0.5, 0.6) is 5.75 Å². The molecule has 2 fully saturated rings. The molecule has 10 nitrogen and oxygen atoms in total. The number of hydrogen-bond donors (Lipinski definition) is 3. The van der Waals surface area contributed by atoms with E-state index in [1.165, 1.54) is 37.9 Å². The summed E-state index contributed by atoms with van der Waals surface area (Å²) in [6.45, 7) is 10.5. The molecule has 4 aromatic rings. The van der Waals surface area contributed by atoms with Gasteiger partial charge in [-0.15, -0.1) is 0 Å². The summed E-state index contributed by atoms with van der Waals surface area (Å²) in [6.07, 6.45) is 8.41. The van der Waals surface area contributed by atoms with E-state index in [2.05, 4.69) is 70.1 Å². The maximum atomic E-state index is 13.2. The van der Waals surface area contributed by atoms with Crippen molar-refractivity contribution in [2.45, 2.75) is 84.6 Å². The average Bonchev–Trinajstić information content (AvgIpc) is 3.54. The lowest BCUT2D eigenvalue weighted by Gasteiger charge is -2.26. The lowest BCUT2D eigenvalue weighted by molar-refractivity contribution is 0.0904. The molecule has 0 unspecified atom stereocenters. The van der Waals surface area contributed by atoms with E-state index in [9.17, 15) is 4.79 Å². The lowest BCUT2D eigenvalue weighted by Crippen LogP contribution is -2.35. The van der Waals surface area contributed by atoms with Crippen LogP contribution < -0.4 is 20.7 Å². The summed E-state index contributed by atoms with van der Waals surface area (Å²) >= 11 is 0. The number of benzene rings is 2. The Bertz CT molecular complexity index is 1660. The van der Waals surface area contributed by atoms with Crippen LogP contribution in [0.4, 0.5) is 10.5 Å². The molecule has 0 saturated carbocycles. The Morgan fingerprint density at radius 3 is 2.57 bits per heavy atom. The van der Waals surface area contributed by atoms with Crippen LogP contribution in [0.25, 0.3) is 22.2 Å². The molecule has 2 aromatic heterocycles. The predicted molar refractivity (Wildman–Crippen MR) is 187 cm³/mol. The summed E-state index contributed by atoms with van der Waals surface area (Å²) in [5.41, 5.74) is 8.31. The van der Waals surface area contributed by atoms with Crippen LogP contribution in [0, 0.1) is 0 Å². The molecular formula is C37H49N7O3. The molecule has 0 aliphatic carbocycles. The molecule has 4 heterocycles. The number of aryl methyl sites for hydroxylation is 2. The van der Waals surface area contributed by atoms with Gasteiger partial charge in [0.2, 0.25) is 0 Å². The Labute approximate surface area is 278 Å². The third kappa shape index (κ3) is 7.88. The molecule has 0 radical (unpaired) electrons. The molecule has 2 amide bonds. The lowest BCUT2D eigenvalue weighted by atomic mass is 9.99. The van der Waals surface area contributed by atoms with Crippen molar-refractivity contribution in [1.82, 2.24) is 30.3 Å². The fraction of sp³-hybridized carbons (Fsp3) is 0.486. The van der Waals surface area contributed by atoms with Crippen molar-refractivity contribution in [3.05, 3.63) is 71.0 Å². The molecule has 6 rings (SSSR count). The number of piperidine rings is 1. The van der Waals surface area contributed by atoms with Gasteiger partial charge >= 0.3 is 6.03 Å². The number of urea groups is 1. The van der Waals surface area contributed by atoms with Crippen molar-refractivity contribution in [2.24, 2.45) is 0 Å². The second kappa shape index (κ2) is 15.6. The fourth-order valence-electron chi connectivity index (χ4n) is 6.82. The smallest absolute Gasteiger partial charge is 0.315 e. The van der Waals surface area contributed by atoms with Gasteiger partial charge in [-0.2, -0.15) is 5.10 Å². The maximum Gasteiger partial charge on any atom is 0.315 e. The molecule has 2 aliphatic heterocycles. The largest absolute Gasteiger partial charge is 0.496 e. The number of ether oxygens (including phenoxy) is 2. The first-order valence-corrected chi connectivity index (χ1v) is 17.3. The van der Waals surface area contributed by atoms with E-state index in [4.69, 9.17) is 14.5 Å². The van der Waals surface area contributed by atoms with Gasteiger partial charge in [0.25, 0.3) is 0 Å². The molecule has 0 spiro atoms. The molecule has 2 aliphatic rings. The van der Waals surface area contributed by atoms with Gasteiger partial charge < -0.3 is 25.4 Å². The van der Waals surface area contributed by atoms with E-state index >= 15 is 0 Å². The zero-order valence-corrected chi connectivity index (χ0v) is 28.1. The number of carbonyl (C=O) groups is 1. The van der Waals surface area contributed by atoms with Crippen LogP contribution in [0.1, 0.15) is 68.3 Å². The van der Waals surface area contributed by atoms with Crippen LogP contribution >= 0.6 is 0 Å². The summed E-state index contributed by atoms with van der Waals surface area (Å²) in [5.74, 6) is 0.819. The Morgan fingerprint density at radius 2 is 1.81 bits per heavy atom. The highest BCUT2D eigenvalue weighted by Gasteiger charge is 2.22. The molecule has 47 heavy (non-hydrogen) atoms. The average molecular weight is 640 g/mol. The van der Waals surface area contributed by atoms with Gasteiger partial charge in [0.15, 0.2) is 5.65 Å². The van der Waals surface area contributed by atoms with Crippen molar-refractivity contribution in [1.29, 1.82) is 0 Å². The number of likely N-dealkylation sites (tertiary alicyclic amines) is 1. The van der Waals surface area contributed by atoms with E-state index in [1.54, 1.807) is 7.11 Å². The second-order valence-electron chi connectivity index (χ2n) is 12.6. The zero-order chi connectivity index (χ0) is 32.6. The number of aromatic nitrogens is 3. The number of nitrogens with one attached hydrogen (secondary N) is 3. The third-order valence-corrected chi connectivity index (χ3v) is 9.41. The minimum absolute atomic E-state index is 0.227. The highest BCUT2D eigenvalue weighted by atomic mass is 16.5. The SMILES string of the molecule is CCc1nc2c(cnn2CC)c(NC2CCOCC2)c1CNC(=O)NCc1ccc(OC)c(-c2cccc(CN3CCCCC3)c2)c1. The Kier molecular flexibility index (Phi) is 10.9. The minimum atomic E-state index is -0.227. The zero-order valence-electron chi connectivity index (χ0n) is 28.1. The third-order valence-electron chi connectivity index (χ3n) is 9.41. The Balaban J connectivity index is 1.15. The van der Waals surface area contributed by atoms with Crippen molar-refractivity contribution in [3.63, 3.8) is 0 Å². The molecule has 2 aromatic carbocycles. The topological polar surface area (TPSA) is 106 Å². The standard InChI is InChI=1S/C37H49N7O3/c1-4-33-31(35(41-29-14-18-47-19-15-29)32-24-40-44(5-2)36(32)42-33)23-39-37(45)38-22-26-12-13-34(46-3)30(21-26)28-11-9-10-27(20-28)25-43-16-7-6-8-17-43/h9-13,20-21,24,29H,4-8,14-19,22-23,25H2,1-3H3,(H,41,42)(H2,38,39,45). The van der Waals surface area contributed by atoms with Crippen LogP contribution in [0.15, 0.2) is 48.7 Å². The van der Waals surface area contributed by atoms with E-state index in [0.29, 0.717) is 19.1 Å². The van der Waals surface area contributed by atoms with Gasteiger partial charge in [0.1, 0.15) is 5.75 Å². The highest BCUT2D eigenvalue weighted by molar-refractivity contribution is 5.92. The normalized spacial score (nSPS) is 15.9. The number of nitrogens with zero attached hydrogens (tertiary/aromatic N) is 4. The van der Waals surface area contributed by atoms with E-state index in [-0.39, 0.29) is 6.03 Å². The Morgan fingerprint density at radius 1 is 1.00 bits per heavy atom. The van der Waals surface area contributed by atoms with Gasteiger partial charge in [-0.05, 0) is 87.0 Å². The van der Waals surface area contributed by atoms with Gasteiger partial charge in [0, 0.05) is 62.3 Å². The van der Waals surface area contributed by atoms with Crippen LogP contribution in [0.3, 0.4) is 0 Å². The first-order chi connectivity index (χ1) is 23.1. The van der Waals surface area contributed by atoms with E-state index in [0.717, 1.165) is 96.0 Å². The molecule has 250 valence electrons. The number of pyridine rings is 1. The minimum Gasteiger partial charge on any atom is -0.496 e. The molecule has 0 bridgehead atoms. The molecule has 2 saturated heterocycles. The molecule has 10 heteroatoms. The number of amides is 2. The molecule has 3 N–H and O–H groups in total. The van der Waals surface area contributed by atoms with E-state index in [1.807, 2.05) is 23.0 Å². The maximum absolute atomic E-state index is 13.2. The summed E-state index contributed by atoms with van der Waals surface area (Å²) in [7, 11) is 1.71. The van der Waals surface area contributed by atoms with Crippen LogP contribution in [-0.4, -0.2) is 65.2 Å². The van der Waals surface area contributed by atoms with Crippen molar-refractivity contribution in [2.75, 3.05) is 38.7 Å². The second-order valence-corrected chi connectivity index (χ2v) is 12.6.